The summed E-state index contributed by atoms with van der Waals surface area (Å²) in [6.07, 6.45) is 0.637. The molecule has 0 bridgehead atoms. The second-order valence-electron chi connectivity index (χ2n) is 7.12. The molecule has 1 amide bonds. The third kappa shape index (κ3) is 3.47. The molecule has 2 aliphatic rings. The Balaban J connectivity index is 2.07. The number of ether oxygens (including phenoxy) is 1. The van der Waals surface area contributed by atoms with Crippen LogP contribution >= 0.6 is 0 Å². The second-order valence-corrected chi connectivity index (χ2v) is 9.12. The maximum absolute atomic E-state index is 12.4. The molecule has 2 heterocycles. The van der Waals surface area contributed by atoms with E-state index >= 15 is 0 Å². The van der Waals surface area contributed by atoms with Crippen molar-refractivity contribution in [3.8, 4) is 0 Å². The van der Waals surface area contributed by atoms with Gasteiger partial charge in [0.2, 0.25) is 0 Å². The van der Waals surface area contributed by atoms with E-state index in [1.807, 2.05) is 27.7 Å². The molecule has 1 spiro atoms. The van der Waals surface area contributed by atoms with Gasteiger partial charge in [-0.3, -0.25) is 0 Å². The van der Waals surface area contributed by atoms with Crippen LogP contribution in [-0.2, 0) is 16.1 Å². The monoisotopic (exact) mass is 318 g/mol. The van der Waals surface area contributed by atoms with Crippen molar-refractivity contribution in [1.82, 2.24) is 9.62 Å². The van der Waals surface area contributed by atoms with Crippen LogP contribution in [0.25, 0.3) is 0 Å². The molecule has 0 aromatic rings. The van der Waals surface area contributed by atoms with E-state index in [4.69, 9.17) is 9.84 Å². The summed E-state index contributed by atoms with van der Waals surface area (Å²) in [5, 5.41) is 9.07. The average Bonchev–Trinajstić information content (AvgIpc) is 2.68. The Kier molecular flexibility index (Phi) is 4.78. The van der Waals surface area contributed by atoms with Gasteiger partial charge in [0.25, 0.3) is 0 Å². The number of likely N-dealkylation sites (tertiary alicyclic amines) is 1. The number of nitrogens with one attached hydrogen (secondary N) is 1. The number of amides is 1. The minimum Gasteiger partial charge on any atom is -0.598 e. The largest absolute Gasteiger partial charge is 0.598 e. The minimum absolute atomic E-state index is 0.00678. The lowest BCUT2D eigenvalue weighted by Crippen LogP contribution is -2.57. The molecule has 0 aromatic heterocycles. The maximum atomic E-state index is 12.4. The third-order valence-electron chi connectivity index (χ3n) is 4.58. The third-order valence-corrected chi connectivity index (χ3v) is 6.16. The summed E-state index contributed by atoms with van der Waals surface area (Å²) in [5.41, 5.74) is -0.105. The van der Waals surface area contributed by atoms with Gasteiger partial charge in [-0.15, -0.1) is 4.72 Å². The Labute approximate surface area is 129 Å². The summed E-state index contributed by atoms with van der Waals surface area (Å²) in [5.74, 6) is 0. The van der Waals surface area contributed by atoms with Crippen molar-refractivity contribution in [2.24, 2.45) is 5.41 Å². The number of piperidine rings is 1. The molecule has 1 unspecified atom stereocenters. The van der Waals surface area contributed by atoms with Crippen molar-refractivity contribution in [3.05, 3.63) is 0 Å². The van der Waals surface area contributed by atoms with Gasteiger partial charge in [-0.2, -0.15) is 0 Å². The second kappa shape index (κ2) is 5.95. The zero-order chi connectivity index (χ0) is 15.8. The van der Waals surface area contributed by atoms with Crippen molar-refractivity contribution < 1.29 is 19.2 Å². The van der Waals surface area contributed by atoms with Crippen LogP contribution in [0.2, 0.25) is 0 Å². The van der Waals surface area contributed by atoms with E-state index in [2.05, 4.69) is 4.72 Å². The minimum atomic E-state index is -1.15. The zero-order valence-electron chi connectivity index (χ0n) is 13.2. The highest BCUT2D eigenvalue weighted by molar-refractivity contribution is 7.90. The molecule has 2 fully saturated rings. The van der Waals surface area contributed by atoms with Crippen LogP contribution < -0.4 is 4.72 Å². The van der Waals surface area contributed by atoms with E-state index in [-0.39, 0.29) is 22.3 Å². The van der Waals surface area contributed by atoms with Gasteiger partial charge < -0.3 is 19.3 Å². The molecule has 2 rings (SSSR count). The van der Waals surface area contributed by atoms with Crippen molar-refractivity contribution in [2.45, 2.75) is 57.4 Å². The fraction of sp³-hybridized carbons (Fsp3) is 0.929. The van der Waals surface area contributed by atoms with Crippen LogP contribution in [-0.4, -0.2) is 57.2 Å². The standard InChI is InChI=1S/C14H26N2O4S/c1-10-11(15-21(19)13(2,3)4)14(9-20-10)5-7-16(8-6-14)12(17)18/h10-11,15H,5-9H2,1-4H3,(H,17,18)/t10-,11+,21?/m1/s1. The first-order valence-electron chi connectivity index (χ1n) is 7.43. The smallest absolute Gasteiger partial charge is 0.407 e. The van der Waals surface area contributed by atoms with E-state index in [0.29, 0.717) is 19.7 Å². The van der Waals surface area contributed by atoms with Crippen LogP contribution in [0, 0.1) is 5.41 Å². The van der Waals surface area contributed by atoms with E-state index < -0.39 is 17.5 Å². The highest BCUT2D eigenvalue weighted by Gasteiger charge is 2.52. The molecule has 0 saturated carbocycles. The number of carbonyl (C=O) groups is 1. The van der Waals surface area contributed by atoms with Gasteiger partial charge in [0, 0.05) is 29.9 Å². The summed E-state index contributed by atoms with van der Waals surface area (Å²) in [6.45, 7) is 9.47. The highest BCUT2D eigenvalue weighted by atomic mass is 32.2. The van der Waals surface area contributed by atoms with Crippen LogP contribution in [0.15, 0.2) is 0 Å². The molecule has 2 N–H and O–H groups in total. The molecular weight excluding hydrogens is 292 g/mol. The van der Waals surface area contributed by atoms with Gasteiger partial charge >= 0.3 is 6.09 Å². The fourth-order valence-corrected chi connectivity index (χ4v) is 4.12. The summed E-state index contributed by atoms with van der Waals surface area (Å²) in [6, 6.07) is 0.00787. The summed E-state index contributed by atoms with van der Waals surface area (Å²) < 4.78 is 21.1. The van der Waals surface area contributed by atoms with Gasteiger partial charge in [0.1, 0.15) is 4.75 Å². The number of nitrogens with zero attached hydrogens (tertiary/aromatic N) is 1. The number of rotatable bonds is 2. The molecule has 21 heavy (non-hydrogen) atoms. The number of hydrogen-bond donors (Lipinski definition) is 2. The van der Waals surface area contributed by atoms with Crippen LogP contribution in [0.5, 0.6) is 0 Å². The van der Waals surface area contributed by atoms with E-state index in [9.17, 15) is 9.35 Å². The number of hydrogen-bond acceptors (Lipinski definition) is 4. The lowest BCUT2D eigenvalue weighted by atomic mass is 9.73. The first kappa shape index (κ1) is 16.9. The Morgan fingerprint density at radius 2 is 2.00 bits per heavy atom. The Bertz CT molecular complexity index is 391. The normalized spacial score (nSPS) is 30.6. The molecule has 0 radical (unpaired) electrons. The van der Waals surface area contributed by atoms with Gasteiger partial charge in [-0.25, -0.2) is 4.79 Å². The van der Waals surface area contributed by atoms with E-state index in [1.165, 1.54) is 4.90 Å². The van der Waals surface area contributed by atoms with Crippen molar-refractivity contribution >= 4 is 17.5 Å². The van der Waals surface area contributed by atoms with Gasteiger partial charge in [-0.1, -0.05) is 0 Å². The zero-order valence-corrected chi connectivity index (χ0v) is 14.0. The Morgan fingerprint density at radius 1 is 1.43 bits per heavy atom. The molecule has 0 aromatic carbocycles. The molecule has 6 nitrogen and oxygen atoms in total. The summed E-state index contributed by atoms with van der Waals surface area (Å²) in [4.78, 5) is 12.5. The predicted octanol–water partition coefficient (Wildman–Crippen LogP) is 1.59. The highest BCUT2D eigenvalue weighted by Crippen LogP contribution is 2.42. The van der Waals surface area contributed by atoms with Crippen LogP contribution in [0.1, 0.15) is 40.5 Å². The maximum Gasteiger partial charge on any atom is 0.407 e. The van der Waals surface area contributed by atoms with Gasteiger partial charge in [0.05, 0.1) is 18.8 Å². The molecule has 2 aliphatic heterocycles. The van der Waals surface area contributed by atoms with Crippen molar-refractivity contribution in [3.63, 3.8) is 0 Å². The first-order chi connectivity index (χ1) is 9.66. The predicted molar refractivity (Wildman–Crippen MR) is 81.5 cm³/mol. The molecule has 3 atom stereocenters. The lowest BCUT2D eigenvalue weighted by Gasteiger charge is -2.42. The first-order valence-corrected chi connectivity index (χ1v) is 8.58. The molecule has 0 aliphatic carbocycles. The molecule has 2 saturated heterocycles. The SMILES string of the molecule is C[C@H]1OCC2(CCN(C(=O)O)CC2)[C@H]1N[S+]([O-])C(C)(C)C. The Hall–Kier alpha value is -0.500. The molecular formula is C14H26N2O4S. The van der Waals surface area contributed by atoms with Crippen molar-refractivity contribution in [2.75, 3.05) is 19.7 Å². The topological polar surface area (TPSA) is 84.9 Å². The lowest BCUT2D eigenvalue weighted by molar-refractivity contribution is 0.0644. The Morgan fingerprint density at radius 3 is 2.48 bits per heavy atom. The average molecular weight is 318 g/mol. The van der Waals surface area contributed by atoms with Gasteiger partial charge in [0.15, 0.2) is 0 Å². The van der Waals surface area contributed by atoms with Crippen LogP contribution in [0.4, 0.5) is 4.79 Å². The van der Waals surface area contributed by atoms with Gasteiger partial charge in [-0.05, 0) is 40.5 Å². The summed E-state index contributed by atoms with van der Waals surface area (Å²) in [7, 11) is 0. The number of carboxylic acid groups (broad SMARTS) is 1. The van der Waals surface area contributed by atoms with Crippen LogP contribution in [0.3, 0.4) is 0 Å². The molecule has 7 heteroatoms. The van der Waals surface area contributed by atoms with E-state index in [1.54, 1.807) is 0 Å². The molecule has 122 valence electrons. The summed E-state index contributed by atoms with van der Waals surface area (Å²) >= 11 is -1.15. The van der Waals surface area contributed by atoms with Crippen molar-refractivity contribution in [1.29, 1.82) is 0 Å². The fourth-order valence-electron chi connectivity index (χ4n) is 3.09. The quantitative estimate of drug-likeness (QED) is 0.755. The van der Waals surface area contributed by atoms with E-state index in [0.717, 1.165) is 12.8 Å².